The van der Waals surface area contributed by atoms with Crippen molar-refractivity contribution >= 4 is 17.3 Å². The van der Waals surface area contributed by atoms with Crippen molar-refractivity contribution in [3.8, 4) is 11.5 Å². The Morgan fingerprint density at radius 2 is 1.86 bits per heavy atom. The number of hydrogen-bond donors (Lipinski definition) is 2. The molecule has 0 saturated carbocycles. The van der Waals surface area contributed by atoms with Crippen LogP contribution in [0.4, 0.5) is 11.4 Å². The van der Waals surface area contributed by atoms with Crippen LogP contribution in [-0.2, 0) is 11.3 Å². The van der Waals surface area contributed by atoms with Gasteiger partial charge in [0, 0.05) is 24.8 Å². The minimum atomic E-state index is -0.0738. The first-order valence-electron chi connectivity index (χ1n) is 9.95. The number of rotatable bonds is 11. The van der Waals surface area contributed by atoms with Gasteiger partial charge in [-0.1, -0.05) is 38.3 Å². The van der Waals surface area contributed by atoms with E-state index in [9.17, 15) is 4.79 Å². The SMILES string of the molecule is CCCCCCOc1ccc(CNc2ccc(C)c(NC(C)=O)c2)cc1OC. The Labute approximate surface area is 168 Å². The zero-order chi connectivity index (χ0) is 20.4. The Balaban J connectivity index is 1.96. The summed E-state index contributed by atoms with van der Waals surface area (Å²) < 4.78 is 11.4. The van der Waals surface area contributed by atoms with Crippen LogP contribution < -0.4 is 20.1 Å². The van der Waals surface area contributed by atoms with Crippen LogP contribution in [0.15, 0.2) is 36.4 Å². The van der Waals surface area contributed by atoms with Crippen LogP contribution >= 0.6 is 0 Å². The third-order valence-corrected chi connectivity index (χ3v) is 4.53. The van der Waals surface area contributed by atoms with E-state index in [1.807, 2.05) is 43.3 Å². The van der Waals surface area contributed by atoms with E-state index in [1.54, 1.807) is 7.11 Å². The van der Waals surface area contributed by atoms with Gasteiger partial charge in [-0.05, 0) is 48.7 Å². The van der Waals surface area contributed by atoms with Crippen LogP contribution in [0.25, 0.3) is 0 Å². The lowest BCUT2D eigenvalue weighted by Gasteiger charge is -2.14. The van der Waals surface area contributed by atoms with Crippen molar-refractivity contribution in [3.63, 3.8) is 0 Å². The fourth-order valence-electron chi connectivity index (χ4n) is 2.91. The number of aryl methyl sites for hydroxylation is 1. The number of anilines is 2. The predicted octanol–water partition coefficient (Wildman–Crippen LogP) is 5.53. The molecule has 152 valence electrons. The van der Waals surface area contributed by atoms with Crippen molar-refractivity contribution in [2.45, 2.75) is 53.0 Å². The monoisotopic (exact) mass is 384 g/mol. The average Bonchev–Trinajstić information content (AvgIpc) is 2.68. The van der Waals surface area contributed by atoms with Crippen molar-refractivity contribution in [1.29, 1.82) is 0 Å². The second-order valence-electron chi connectivity index (χ2n) is 6.96. The van der Waals surface area contributed by atoms with Gasteiger partial charge in [0.1, 0.15) is 0 Å². The summed E-state index contributed by atoms with van der Waals surface area (Å²) in [5.41, 5.74) is 3.89. The van der Waals surface area contributed by atoms with E-state index in [4.69, 9.17) is 9.47 Å². The molecule has 0 aliphatic heterocycles. The van der Waals surface area contributed by atoms with Gasteiger partial charge in [-0.25, -0.2) is 0 Å². The van der Waals surface area contributed by atoms with Crippen molar-refractivity contribution in [1.82, 2.24) is 0 Å². The zero-order valence-electron chi connectivity index (χ0n) is 17.4. The highest BCUT2D eigenvalue weighted by molar-refractivity contribution is 5.90. The maximum Gasteiger partial charge on any atom is 0.221 e. The fraction of sp³-hybridized carbons (Fsp3) is 0.435. The molecule has 0 aromatic heterocycles. The first-order valence-corrected chi connectivity index (χ1v) is 9.95. The molecule has 5 nitrogen and oxygen atoms in total. The number of ether oxygens (including phenoxy) is 2. The van der Waals surface area contributed by atoms with E-state index in [0.717, 1.165) is 40.4 Å². The van der Waals surface area contributed by atoms with Gasteiger partial charge in [0.25, 0.3) is 0 Å². The fourth-order valence-corrected chi connectivity index (χ4v) is 2.91. The van der Waals surface area contributed by atoms with Crippen LogP contribution in [0.3, 0.4) is 0 Å². The number of amides is 1. The minimum absolute atomic E-state index is 0.0738. The summed E-state index contributed by atoms with van der Waals surface area (Å²) in [5.74, 6) is 1.46. The van der Waals surface area contributed by atoms with Gasteiger partial charge in [0.05, 0.1) is 13.7 Å². The zero-order valence-corrected chi connectivity index (χ0v) is 17.4. The molecular formula is C23H32N2O3. The van der Waals surface area contributed by atoms with Crippen molar-refractivity contribution < 1.29 is 14.3 Å². The molecule has 28 heavy (non-hydrogen) atoms. The molecule has 0 fully saturated rings. The van der Waals surface area contributed by atoms with Crippen LogP contribution in [0, 0.1) is 6.92 Å². The van der Waals surface area contributed by atoms with E-state index in [0.29, 0.717) is 13.2 Å². The van der Waals surface area contributed by atoms with E-state index in [2.05, 4.69) is 17.6 Å². The van der Waals surface area contributed by atoms with Gasteiger partial charge in [-0.3, -0.25) is 4.79 Å². The molecule has 1 amide bonds. The van der Waals surface area contributed by atoms with Gasteiger partial charge < -0.3 is 20.1 Å². The molecule has 0 heterocycles. The lowest BCUT2D eigenvalue weighted by molar-refractivity contribution is -0.114. The summed E-state index contributed by atoms with van der Waals surface area (Å²) in [6.07, 6.45) is 4.72. The second-order valence-corrected chi connectivity index (χ2v) is 6.96. The second kappa shape index (κ2) is 11.2. The highest BCUT2D eigenvalue weighted by Gasteiger charge is 2.07. The maximum absolute atomic E-state index is 11.3. The minimum Gasteiger partial charge on any atom is -0.493 e. The summed E-state index contributed by atoms with van der Waals surface area (Å²) in [5, 5.41) is 6.25. The maximum atomic E-state index is 11.3. The summed E-state index contributed by atoms with van der Waals surface area (Å²) in [6.45, 7) is 7.05. The number of hydrogen-bond acceptors (Lipinski definition) is 4. The Hall–Kier alpha value is -2.69. The van der Waals surface area contributed by atoms with Crippen LogP contribution in [0.5, 0.6) is 11.5 Å². The highest BCUT2D eigenvalue weighted by atomic mass is 16.5. The molecule has 0 bridgehead atoms. The molecular weight excluding hydrogens is 352 g/mol. The molecule has 2 aromatic carbocycles. The molecule has 0 saturated heterocycles. The van der Waals surface area contributed by atoms with E-state index >= 15 is 0 Å². The lowest BCUT2D eigenvalue weighted by Crippen LogP contribution is -2.08. The predicted molar refractivity (Wildman–Crippen MR) is 115 cm³/mol. The van der Waals surface area contributed by atoms with Crippen molar-refractivity contribution in [2.75, 3.05) is 24.4 Å². The number of methoxy groups -OCH3 is 1. The molecule has 0 aliphatic carbocycles. The Morgan fingerprint density at radius 3 is 2.57 bits per heavy atom. The van der Waals surface area contributed by atoms with Gasteiger partial charge in [0.15, 0.2) is 11.5 Å². The Bertz CT molecular complexity index is 774. The van der Waals surface area contributed by atoms with Crippen molar-refractivity contribution in [3.05, 3.63) is 47.5 Å². The third-order valence-electron chi connectivity index (χ3n) is 4.53. The molecule has 0 radical (unpaired) electrons. The van der Waals surface area contributed by atoms with E-state index < -0.39 is 0 Å². The number of carbonyl (C=O) groups excluding carboxylic acids is 1. The Morgan fingerprint density at radius 1 is 1.04 bits per heavy atom. The molecule has 0 spiro atoms. The summed E-state index contributed by atoms with van der Waals surface area (Å²) in [7, 11) is 1.66. The molecule has 2 rings (SSSR count). The average molecular weight is 385 g/mol. The first kappa shape index (κ1) is 21.6. The third kappa shape index (κ3) is 6.80. The normalized spacial score (nSPS) is 10.4. The molecule has 5 heteroatoms. The molecule has 0 aliphatic rings. The van der Waals surface area contributed by atoms with Gasteiger partial charge >= 0.3 is 0 Å². The topological polar surface area (TPSA) is 59.6 Å². The number of nitrogens with one attached hydrogen (secondary N) is 2. The molecule has 0 atom stereocenters. The van der Waals surface area contributed by atoms with Gasteiger partial charge in [0.2, 0.25) is 5.91 Å². The Kier molecular flexibility index (Phi) is 8.66. The number of carbonyl (C=O) groups is 1. The largest absolute Gasteiger partial charge is 0.493 e. The van der Waals surface area contributed by atoms with E-state index in [-0.39, 0.29) is 5.91 Å². The summed E-state index contributed by atoms with van der Waals surface area (Å²) in [4.78, 5) is 11.3. The quantitative estimate of drug-likeness (QED) is 0.500. The van der Waals surface area contributed by atoms with Gasteiger partial charge in [-0.15, -0.1) is 0 Å². The van der Waals surface area contributed by atoms with Crippen molar-refractivity contribution in [2.24, 2.45) is 0 Å². The molecule has 2 N–H and O–H groups in total. The van der Waals surface area contributed by atoms with Crippen LogP contribution in [-0.4, -0.2) is 19.6 Å². The van der Waals surface area contributed by atoms with Crippen LogP contribution in [0.1, 0.15) is 50.7 Å². The van der Waals surface area contributed by atoms with Gasteiger partial charge in [-0.2, -0.15) is 0 Å². The highest BCUT2D eigenvalue weighted by Crippen LogP contribution is 2.29. The smallest absolute Gasteiger partial charge is 0.221 e. The van der Waals surface area contributed by atoms with E-state index in [1.165, 1.54) is 26.2 Å². The molecule has 2 aromatic rings. The first-order chi connectivity index (χ1) is 13.5. The van der Waals surface area contributed by atoms with Crippen LogP contribution in [0.2, 0.25) is 0 Å². The lowest BCUT2D eigenvalue weighted by atomic mass is 10.1. The molecule has 0 unspecified atom stereocenters. The summed E-state index contributed by atoms with van der Waals surface area (Å²) in [6, 6.07) is 11.9. The summed E-state index contributed by atoms with van der Waals surface area (Å²) >= 11 is 0. The standard InChI is InChI=1S/C23H32N2O3/c1-5-6-7-8-13-28-22-12-10-19(14-23(22)27-4)16-24-20-11-9-17(2)21(15-20)25-18(3)26/h9-12,14-15,24H,5-8,13,16H2,1-4H3,(H,25,26). The number of benzene rings is 2. The number of unbranched alkanes of at least 4 members (excludes halogenated alkanes) is 3.